The summed E-state index contributed by atoms with van der Waals surface area (Å²) in [6.45, 7) is 0.455. The van der Waals surface area contributed by atoms with Crippen LogP contribution in [0.2, 0.25) is 0 Å². The zero-order chi connectivity index (χ0) is 12.0. The molecule has 3 N–H and O–H groups in total. The monoisotopic (exact) mass is 280 g/mol. The molecule has 0 aliphatic carbocycles. The van der Waals surface area contributed by atoms with Crippen LogP contribution >= 0.6 is 15.9 Å². The van der Waals surface area contributed by atoms with Gasteiger partial charge in [0.15, 0.2) is 0 Å². The zero-order valence-corrected chi connectivity index (χ0v) is 10.3. The second-order valence-corrected chi connectivity index (χ2v) is 4.28. The summed E-state index contributed by atoms with van der Waals surface area (Å²) >= 11 is 3.36. The SMILES string of the molecule is C#CCC(N)C(=O)NCc1cccc(Br)c1. The number of amides is 1. The van der Waals surface area contributed by atoms with Crippen molar-refractivity contribution < 1.29 is 4.79 Å². The molecule has 1 aromatic rings. The Morgan fingerprint density at radius 3 is 3.00 bits per heavy atom. The van der Waals surface area contributed by atoms with Gasteiger partial charge in [0, 0.05) is 17.4 Å². The third-order valence-corrected chi connectivity index (χ3v) is 2.52. The maximum Gasteiger partial charge on any atom is 0.238 e. The third kappa shape index (κ3) is 4.05. The molecule has 1 atom stereocenters. The van der Waals surface area contributed by atoms with Crippen LogP contribution in [0.4, 0.5) is 0 Å². The second-order valence-electron chi connectivity index (χ2n) is 3.36. The van der Waals surface area contributed by atoms with Gasteiger partial charge in [-0.3, -0.25) is 4.79 Å². The van der Waals surface area contributed by atoms with E-state index >= 15 is 0 Å². The van der Waals surface area contributed by atoms with Gasteiger partial charge >= 0.3 is 0 Å². The van der Waals surface area contributed by atoms with Gasteiger partial charge in [0.1, 0.15) is 0 Å². The molecule has 0 bridgehead atoms. The van der Waals surface area contributed by atoms with Crippen LogP contribution in [0.3, 0.4) is 0 Å². The lowest BCUT2D eigenvalue weighted by molar-refractivity contribution is -0.122. The highest BCUT2D eigenvalue weighted by molar-refractivity contribution is 9.10. The molecule has 16 heavy (non-hydrogen) atoms. The fraction of sp³-hybridized carbons (Fsp3) is 0.250. The van der Waals surface area contributed by atoms with E-state index in [4.69, 9.17) is 12.2 Å². The predicted octanol–water partition coefficient (Wildman–Crippen LogP) is 1.42. The molecule has 4 heteroatoms. The van der Waals surface area contributed by atoms with Gasteiger partial charge in [-0.25, -0.2) is 0 Å². The molecule has 1 unspecified atom stereocenters. The predicted molar refractivity (Wildman–Crippen MR) is 67.4 cm³/mol. The van der Waals surface area contributed by atoms with E-state index in [9.17, 15) is 4.79 Å². The lowest BCUT2D eigenvalue weighted by atomic mass is 10.2. The molecule has 1 amide bonds. The first-order chi connectivity index (χ1) is 7.63. The molecule has 0 aromatic heterocycles. The standard InChI is InChI=1S/C12H13BrN2O/c1-2-4-11(14)12(16)15-8-9-5-3-6-10(13)7-9/h1,3,5-7,11H,4,8,14H2,(H,15,16). The minimum Gasteiger partial charge on any atom is -0.351 e. The van der Waals surface area contributed by atoms with Gasteiger partial charge in [-0.1, -0.05) is 28.1 Å². The highest BCUT2D eigenvalue weighted by Gasteiger charge is 2.10. The molecule has 0 aliphatic rings. The molecule has 84 valence electrons. The van der Waals surface area contributed by atoms with Crippen molar-refractivity contribution in [2.45, 2.75) is 19.0 Å². The summed E-state index contributed by atoms with van der Waals surface area (Å²) in [7, 11) is 0. The summed E-state index contributed by atoms with van der Waals surface area (Å²) in [6.07, 6.45) is 5.33. The Kier molecular flexibility index (Phi) is 5.03. The van der Waals surface area contributed by atoms with E-state index < -0.39 is 6.04 Å². The van der Waals surface area contributed by atoms with Gasteiger partial charge in [0.05, 0.1) is 6.04 Å². The van der Waals surface area contributed by atoms with E-state index in [1.807, 2.05) is 24.3 Å². The van der Waals surface area contributed by atoms with Crippen molar-refractivity contribution >= 4 is 21.8 Å². The van der Waals surface area contributed by atoms with Crippen molar-refractivity contribution in [1.29, 1.82) is 0 Å². The third-order valence-electron chi connectivity index (χ3n) is 2.03. The lowest BCUT2D eigenvalue weighted by Gasteiger charge is -2.09. The molecule has 0 saturated heterocycles. The van der Waals surface area contributed by atoms with Gasteiger partial charge in [-0.05, 0) is 17.7 Å². The minimum absolute atomic E-state index is 0.224. The van der Waals surface area contributed by atoms with Crippen LogP contribution < -0.4 is 11.1 Å². The highest BCUT2D eigenvalue weighted by Crippen LogP contribution is 2.11. The molecule has 3 nitrogen and oxygen atoms in total. The van der Waals surface area contributed by atoms with E-state index in [2.05, 4.69) is 27.2 Å². The average molecular weight is 281 g/mol. The minimum atomic E-state index is -0.628. The molecule has 0 spiro atoms. The number of hydrogen-bond donors (Lipinski definition) is 2. The number of nitrogens with two attached hydrogens (primary N) is 1. The summed E-state index contributed by atoms with van der Waals surface area (Å²) in [5, 5.41) is 2.73. The van der Waals surface area contributed by atoms with E-state index in [0.29, 0.717) is 6.54 Å². The normalized spacial score (nSPS) is 11.6. The fourth-order valence-electron chi connectivity index (χ4n) is 1.19. The van der Waals surface area contributed by atoms with Crippen molar-refractivity contribution in [3.63, 3.8) is 0 Å². The molecule has 0 fully saturated rings. The number of halogens is 1. The molecular weight excluding hydrogens is 268 g/mol. The first kappa shape index (κ1) is 12.8. The molecule has 0 aliphatic heterocycles. The summed E-state index contributed by atoms with van der Waals surface area (Å²) in [6, 6.07) is 7.07. The Morgan fingerprint density at radius 1 is 1.62 bits per heavy atom. The highest BCUT2D eigenvalue weighted by atomic mass is 79.9. The number of terminal acetylenes is 1. The van der Waals surface area contributed by atoms with Gasteiger partial charge in [-0.2, -0.15) is 0 Å². The van der Waals surface area contributed by atoms with Crippen LogP contribution in [0.15, 0.2) is 28.7 Å². The van der Waals surface area contributed by atoms with Crippen molar-refractivity contribution in [2.75, 3.05) is 0 Å². The van der Waals surface area contributed by atoms with Crippen LogP contribution in [-0.2, 0) is 11.3 Å². The van der Waals surface area contributed by atoms with Crippen LogP contribution in [0.25, 0.3) is 0 Å². The Labute approximate surface area is 104 Å². The van der Waals surface area contributed by atoms with Gasteiger partial charge in [-0.15, -0.1) is 12.3 Å². The van der Waals surface area contributed by atoms with Gasteiger partial charge in [0.25, 0.3) is 0 Å². The van der Waals surface area contributed by atoms with Crippen molar-refractivity contribution in [3.8, 4) is 12.3 Å². The number of benzene rings is 1. The van der Waals surface area contributed by atoms with E-state index in [-0.39, 0.29) is 12.3 Å². The Balaban J connectivity index is 2.46. The molecule has 0 heterocycles. The van der Waals surface area contributed by atoms with Crippen LogP contribution in [0, 0.1) is 12.3 Å². The van der Waals surface area contributed by atoms with Crippen LogP contribution in [0.5, 0.6) is 0 Å². The Morgan fingerprint density at radius 2 is 2.38 bits per heavy atom. The quantitative estimate of drug-likeness (QED) is 0.820. The number of carbonyl (C=O) groups is 1. The van der Waals surface area contributed by atoms with Gasteiger partial charge in [0.2, 0.25) is 5.91 Å². The average Bonchev–Trinajstić information content (AvgIpc) is 2.26. The van der Waals surface area contributed by atoms with E-state index in [1.54, 1.807) is 0 Å². The lowest BCUT2D eigenvalue weighted by Crippen LogP contribution is -2.39. The fourth-order valence-corrected chi connectivity index (χ4v) is 1.63. The molecule has 1 rings (SSSR count). The largest absolute Gasteiger partial charge is 0.351 e. The summed E-state index contributed by atoms with van der Waals surface area (Å²) in [5.74, 6) is 2.14. The number of rotatable bonds is 4. The first-order valence-electron chi connectivity index (χ1n) is 4.84. The maximum atomic E-state index is 11.4. The van der Waals surface area contributed by atoms with Crippen molar-refractivity contribution in [2.24, 2.45) is 5.73 Å². The first-order valence-corrected chi connectivity index (χ1v) is 5.64. The summed E-state index contributed by atoms with van der Waals surface area (Å²) in [4.78, 5) is 11.4. The summed E-state index contributed by atoms with van der Waals surface area (Å²) in [5.41, 5.74) is 6.57. The van der Waals surface area contributed by atoms with E-state index in [1.165, 1.54) is 0 Å². The molecule has 1 aromatic carbocycles. The van der Waals surface area contributed by atoms with E-state index in [0.717, 1.165) is 10.0 Å². The number of carbonyl (C=O) groups excluding carboxylic acids is 1. The smallest absolute Gasteiger partial charge is 0.238 e. The maximum absolute atomic E-state index is 11.4. The zero-order valence-electron chi connectivity index (χ0n) is 8.74. The van der Waals surface area contributed by atoms with Crippen molar-refractivity contribution in [1.82, 2.24) is 5.32 Å². The second kappa shape index (κ2) is 6.31. The molecule has 0 radical (unpaired) electrons. The number of nitrogens with one attached hydrogen (secondary N) is 1. The van der Waals surface area contributed by atoms with Crippen LogP contribution in [-0.4, -0.2) is 11.9 Å². The number of hydrogen-bond acceptors (Lipinski definition) is 2. The topological polar surface area (TPSA) is 55.1 Å². The van der Waals surface area contributed by atoms with Crippen LogP contribution in [0.1, 0.15) is 12.0 Å². The van der Waals surface area contributed by atoms with Crippen molar-refractivity contribution in [3.05, 3.63) is 34.3 Å². The molecule has 0 saturated carbocycles. The Hall–Kier alpha value is -1.31. The summed E-state index contributed by atoms with van der Waals surface area (Å²) < 4.78 is 0.979. The Bertz CT molecular complexity index is 412. The van der Waals surface area contributed by atoms with Gasteiger partial charge < -0.3 is 11.1 Å². The molecular formula is C12H13BrN2O.